The molecule has 0 spiro atoms. The smallest absolute Gasteiger partial charge is 0.0572 e. The second kappa shape index (κ2) is 5.56. The minimum Gasteiger partial charge on any atom is -0.393 e. The molecule has 0 aromatic rings. The summed E-state index contributed by atoms with van der Waals surface area (Å²) in [5.41, 5.74) is 0. The lowest BCUT2D eigenvalue weighted by Crippen LogP contribution is -2.20. The molecule has 0 heterocycles. The molecule has 1 N–H and O–H groups in total. The maximum Gasteiger partial charge on any atom is 0.0572 e. The van der Waals surface area contributed by atoms with Crippen LogP contribution in [0, 0.1) is 5.92 Å². The molecular formula is C9H20O2. The molecule has 0 saturated carbocycles. The van der Waals surface area contributed by atoms with Crippen molar-refractivity contribution in [1.29, 1.82) is 0 Å². The molecule has 2 nitrogen and oxygen atoms in total. The highest BCUT2D eigenvalue weighted by Crippen LogP contribution is 2.14. The third-order valence-electron chi connectivity index (χ3n) is 2.25. The van der Waals surface area contributed by atoms with E-state index in [1.807, 2.05) is 13.8 Å². The van der Waals surface area contributed by atoms with Crippen molar-refractivity contribution in [3.8, 4) is 0 Å². The first-order valence-corrected chi connectivity index (χ1v) is 4.32. The molecule has 2 heteroatoms. The Labute approximate surface area is 69.6 Å². The SMILES string of the molecule is CC[C@H](C[C@@H](C)C(C)O)OC. The van der Waals surface area contributed by atoms with Crippen LogP contribution >= 0.6 is 0 Å². The van der Waals surface area contributed by atoms with Gasteiger partial charge in [0.05, 0.1) is 12.2 Å². The van der Waals surface area contributed by atoms with Gasteiger partial charge >= 0.3 is 0 Å². The van der Waals surface area contributed by atoms with Crippen molar-refractivity contribution in [3.63, 3.8) is 0 Å². The second-order valence-electron chi connectivity index (χ2n) is 3.22. The lowest BCUT2D eigenvalue weighted by atomic mass is 9.97. The molecule has 0 aliphatic heterocycles. The third kappa shape index (κ3) is 4.38. The normalized spacial score (nSPS) is 19.4. The van der Waals surface area contributed by atoms with Gasteiger partial charge in [-0.25, -0.2) is 0 Å². The van der Waals surface area contributed by atoms with E-state index in [1.54, 1.807) is 7.11 Å². The fourth-order valence-corrected chi connectivity index (χ4v) is 1.04. The molecule has 1 unspecified atom stereocenters. The Balaban J connectivity index is 3.62. The number of aliphatic hydroxyl groups is 1. The van der Waals surface area contributed by atoms with Crippen LogP contribution in [0.25, 0.3) is 0 Å². The highest BCUT2D eigenvalue weighted by Gasteiger charge is 2.14. The van der Waals surface area contributed by atoms with Gasteiger partial charge in [-0.2, -0.15) is 0 Å². The van der Waals surface area contributed by atoms with Crippen LogP contribution in [0.2, 0.25) is 0 Å². The van der Waals surface area contributed by atoms with Crippen molar-refractivity contribution in [2.24, 2.45) is 5.92 Å². The van der Waals surface area contributed by atoms with Gasteiger partial charge in [-0.3, -0.25) is 0 Å². The van der Waals surface area contributed by atoms with Gasteiger partial charge in [-0.1, -0.05) is 13.8 Å². The van der Waals surface area contributed by atoms with Gasteiger partial charge in [0.1, 0.15) is 0 Å². The van der Waals surface area contributed by atoms with E-state index in [0.717, 1.165) is 12.8 Å². The molecule has 68 valence electrons. The van der Waals surface area contributed by atoms with E-state index in [9.17, 15) is 5.11 Å². The quantitative estimate of drug-likeness (QED) is 0.664. The Morgan fingerprint density at radius 3 is 2.18 bits per heavy atom. The van der Waals surface area contributed by atoms with Crippen LogP contribution in [0.15, 0.2) is 0 Å². The zero-order chi connectivity index (χ0) is 8.85. The Kier molecular flexibility index (Phi) is 5.51. The molecule has 0 aromatic carbocycles. The monoisotopic (exact) mass is 160 g/mol. The average Bonchev–Trinajstić information content (AvgIpc) is 1.99. The van der Waals surface area contributed by atoms with Crippen LogP contribution in [0.5, 0.6) is 0 Å². The molecule has 0 rings (SSSR count). The lowest BCUT2D eigenvalue weighted by molar-refractivity contribution is 0.0474. The summed E-state index contributed by atoms with van der Waals surface area (Å²) in [7, 11) is 1.73. The topological polar surface area (TPSA) is 29.5 Å². The van der Waals surface area contributed by atoms with Crippen LogP contribution < -0.4 is 0 Å². The summed E-state index contributed by atoms with van der Waals surface area (Å²) in [6.07, 6.45) is 2.05. The zero-order valence-corrected chi connectivity index (χ0v) is 8.00. The first kappa shape index (κ1) is 10.9. The molecule has 0 radical (unpaired) electrons. The molecule has 3 atom stereocenters. The highest BCUT2D eigenvalue weighted by atomic mass is 16.5. The summed E-state index contributed by atoms with van der Waals surface area (Å²) in [4.78, 5) is 0. The van der Waals surface area contributed by atoms with Crippen LogP contribution in [-0.2, 0) is 4.74 Å². The Hall–Kier alpha value is -0.0800. The standard InChI is InChI=1S/C9H20O2/c1-5-9(11-4)6-7(2)8(3)10/h7-10H,5-6H2,1-4H3/t7-,8?,9-/m1/s1. The van der Waals surface area contributed by atoms with Gasteiger partial charge in [0, 0.05) is 7.11 Å². The Morgan fingerprint density at radius 1 is 1.36 bits per heavy atom. The number of aliphatic hydroxyl groups excluding tert-OH is 1. The molecule has 0 fully saturated rings. The Morgan fingerprint density at radius 2 is 1.91 bits per heavy atom. The fourth-order valence-electron chi connectivity index (χ4n) is 1.04. The second-order valence-corrected chi connectivity index (χ2v) is 3.22. The third-order valence-corrected chi connectivity index (χ3v) is 2.25. The van der Waals surface area contributed by atoms with Crippen molar-refractivity contribution in [2.45, 2.75) is 45.8 Å². The highest BCUT2D eigenvalue weighted by molar-refractivity contribution is 4.65. The first-order valence-electron chi connectivity index (χ1n) is 4.32. The minimum atomic E-state index is -0.223. The van der Waals surface area contributed by atoms with Crippen LogP contribution in [-0.4, -0.2) is 24.4 Å². The lowest BCUT2D eigenvalue weighted by Gasteiger charge is -2.20. The first-order chi connectivity index (χ1) is 5.11. The number of ether oxygens (including phenoxy) is 1. The van der Waals surface area contributed by atoms with E-state index in [2.05, 4.69) is 6.92 Å². The Bertz CT molecular complexity index is 87.6. The summed E-state index contributed by atoms with van der Waals surface area (Å²) in [5, 5.41) is 9.21. The van der Waals surface area contributed by atoms with Crippen molar-refractivity contribution in [1.82, 2.24) is 0 Å². The van der Waals surface area contributed by atoms with Crippen LogP contribution in [0.1, 0.15) is 33.6 Å². The molecule has 0 saturated heterocycles. The van der Waals surface area contributed by atoms with E-state index in [1.165, 1.54) is 0 Å². The molecule has 0 aromatic heterocycles. The van der Waals surface area contributed by atoms with Crippen LogP contribution in [0.3, 0.4) is 0 Å². The summed E-state index contributed by atoms with van der Waals surface area (Å²) < 4.78 is 5.21. The summed E-state index contributed by atoms with van der Waals surface area (Å²) in [5.74, 6) is 0.333. The van der Waals surface area contributed by atoms with Gasteiger partial charge in [-0.15, -0.1) is 0 Å². The molecule has 0 amide bonds. The fraction of sp³-hybridized carbons (Fsp3) is 1.00. The average molecular weight is 160 g/mol. The molecular weight excluding hydrogens is 140 g/mol. The summed E-state index contributed by atoms with van der Waals surface area (Å²) in [6, 6.07) is 0. The molecule has 11 heavy (non-hydrogen) atoms. The van der Waals surface area contributed by atoms with Gasteiger partial charge in [0.15, 0.2) is 0 Å². The van der Waals surface area contributed by atoms with E-state index >= 15 is 0 Å². The summed E-state index contributed by atoms with van der Waals surface area (Å²) >= 11 is 0. The van der Waals surface area contributed by atoms with Gasteiger partial charge in [-0.05, 0) is 25.7 Å². The maximum atomic E-state index is 9.21. The van der Waals surface area contributed by atoms with Gasteiger partial charge < -0.3 is 9.84 Å². The van der Waals surface area contributed by atoms with E-state index in [-0.39, 0.29) is 6.10 Å². The van der Waals surface area contributed by atoms with E-state index in [4.69, 9.17) is 4.74 Å². The zero-order valence-electron chi connectivity index (χ0n) is 8.00. The number of hydrogen-bond acceptors (Lipinski definition) is 2. The van der Waals surface area contributed by atoms with Crippen molar-refractivity contribution in [2.75, 3.05) is 7.11 Å². The predicted octanol–water partition coefficient (Wildman–Crippen LogP) is 1.82. The molecule has 0 aliphatic carbocycles. The van der Waals surface area contributed by atoms with E-state index in [0.29, 0.717) is 12.0 Å². The molecule has 0 bridgehead atoms. The predicted molar refractivity (Wildman–Crippen MR) is 46.5 cm³/mol. The van der Waals surface area contributed by atoms with E-state index < -0.39 is 0 Å². The van der Waals surface area contributed by atoms with Crippen molar-refractivity contribution < 1.29 is 9.84 Å². The minimum absolute atomic E-state index is 0.223. The van der Waals surface area contributed by atoms with Crippen LogP contribution in [0.4, 0.5) is 0 Å². The van der Waals surface area contributed by atoms with Crippen molar-refractivity contribution >= 4 is 0 Å². The number of hydrogen-bond donors (Lipinski definition) is 1. The van der Waals surface area contributed by atoms with Gasteiger partial charge in [0.2, 0.25) is 0 Å². The number of rotatable bonds is 5. The van der Waals surface area contributed by atoms with Crippen molar-refractivity contribution in [3.05, 3.63) is 0 Å². The molecule has 0 aliphatic rings. The number of methoxy groups -OCH3 is 1. The maximum absolute atomic E-state index is 9.21. The van der Waals surface area contributed by atoms with Gasteiger partial charge in [0.25, 0.3) is 0 Å². The largest absolute Gasteiger partial charge is 0.393 e. The summed E-state index contributed by atoms with van der Waals surface area (Å²) in [6.45, 7) is 5.97.